The fourth-order valence-corrected chi connectivity index (χ4v) is 2.80. The van der Waals surface area contributed by atoms with Crippen LogP contribution in [-0.4, -0.2) is 37.7 Å². The van der Waals surface area contributed by atoms with Gasteiger partial charge < -0.3 is 14.2 Å². The first-order chi connectivity index (χ1) is 10.7. The van der Waals surface area contributed by atoms with Gasteiger partial charge in [-0.1, -0.05) is 17.7 Å². The topological polar surface area (TPSA) is 57.5 Å². The number of nitrogens with one attached hydrogen (secondary N) is 1. The molecule has 2 heterocycles. The number of nitrogens with zero attached hydrogens (tertiary/aromatic N) is 3. The van der Waals surface area contributed by atoms with Crippen LogP contribution < -0.4 is 9.80 Å². The van der Waals surface area contributed by atoms with Crippen LogP contribution in [-0.2, 0) is 0 Å². The van der Waals surface area contributed by atoms with Gasteiger partial charge in [-0.3, -0.25) is 0 Å². The molecule has 1 aliphatic rings. The molecule has 1 N–H and O–H groups in total. The smallest absolute Gasteiger partial charge is 0.235 e. The number of hydrogen-bond donors (Lipinski definition) is 1. The van der Waals surface area contributed by atoms with Gasteiger partial charge in [0.05, 0.1) is 32.7 Å². The first-order valence-corrected chi connectivity index (χ1v) is 7.77. The molecule has 0 radical (unpaired) electrons. The van der Waals surface area contributed by atoms with Crippen molar-refractivity contribution >= 4 is 5.88 Å². The van der Waals surface area contributed by atoms with Crippen molar-refractivity contribution in [1.29, 1.82) is 5.26 Å². The zero-order valence-corrected chi connectivity index (χ0v) is 13.1. The summed E-state index contributed by atoms with van der Waals surface area (Å²) in [6.45, 7) is 9.34. The third-order valence-electron chi connectivity index (χ3n) is 4.27. The van der Waals surface area contributed by atoms with Crippen LogP contribution in [0.2, 0.25) is 0 Å². The van der Waals surface area contributed by atoms with Crippen molar-refractivity contribution in [2.45, 2.75) is 13.8 Å². The molecule has 0 atom stereocenters. The van der Waals surface area contributed by atoms with Gasteiger partial charge in [0, 0.05) is 5.56 Å². The predicted molar refractivity (Wildman–Crippen MR) is 84.8 cm³/mol. The lowest BCUT2D eigenvalue weighted by atomic mass is 10.1. The Morgan fingerprint density at radius 3 is 2.55 bits per heavy atom. The monoisotopic (exact) mass is 297 g/mol. The maximum absolute atomic E-state index is 9.35. The maximum Gasteiger partial charge on any atom is 0.235 e. The van der Waals surface area contributed by atoms with E-state index < -0.39 is 0 Å². The fraction of sp³-hybridized carbons (Fsp3) is 0.412. The van der Waals surface area contributed by atoms with Crippen LogP contribution in [0, 0.1) is 18.3 Å². The van der Waals surface area contributed by atoms with E-state index in [0.717, 1.165) is 38.3 Å². The van der Waals surface area contributed by atoms with E-state index in [4.69, 9.17) is 4.42 Å². The SMILES string of the molecule is CC[NH+]1CCN(c2oc(-c3ccc(C)cc3)nc2C#N)CC1. The van der Waals surface area contributed by atoms with E-state index in [0.29, 0.717) is 17.5 Å². The lowest BCUT2D eigenvalue weighted by molar-refractivity contribution is -0.898. The van der Waals surface area contributed by atoms with Gasteiger partial charge >= 0.3 is 0 Å². The van der Waals surface area contributed by atoms with Crippen LogP contribution in [0.3, 0.4) is 0 Å². The minimum Gasteiger partial charge on any atom is -0.419 e. The summed E-state index contributed by atoms with van der Waals surface area (Å²) in [5.41, 5.74) is 2.48. The van der Waals surface area contributed by atoms with Crippen molar-refractivity contribution in [3.8, 4) is 17.5 Å². The van der Waals surface area contributed by atoms with Crippen LogP contribution in [0.4, 0.5) is 5.88 Å². The summed E-state index contributed by atoms with van der Waals surface area (Å²) in [4.78, 5) is 8.10. The highest BCUT2D eigenvalue weighted by molar-refractivity contribution is 5.59. The third-order valence-corrected chi connectivity index (χ3v) is 4.27. The zero-order chi connectivity index (χ0) is 15.5. The highest BCUT2D eigenvalue weighted by atomic mass is 16.4. The quantitative estimate of drug-likeness (QED) is 0.926. The molecule has 0 bridgehead atoms. The highest BCUT2D eigenvalue weighted by Crippen LogP contribution is 2.28. The Morgan fingerprint density at radius 1 is 1.27 bits per heavy atom. The zero-order valence-electron chi connectivity index (χ0n) is 13.1. The molecule has 0 spiro atoms. The van der Waals surface area contributed by atoms with E-state index in [-0.39, 0.29) is 0 Å². The summed E-state index contributed by atoms with van der Waals surface area (Å²) in [6.07, 6.45) is 0. The Kier molecular flexibility index (Phi) is 4.12. The van der Waals surface area contributed by atoms with Crippen molar-refractivity contribution in [3.05, 3.63) is 35.5 Å². The number of aromatic nitrogens is 1. The van der Waals surface area contributed by atoms with Crippen LogP contribution in [0.25, 0.3) is 11.5 Å². The van der Waals surface area contributed by atoms with Crippen LogP contribution in [0.1, 0.15) is 18.2 Å². The average molecular weight is 297 g/mol. The second-order valence-electron chi connectivity index (χ2n) is 5.74. The van der Waals surface area contributed by atoms with Crippen LogP contribution in [0.15, 0.2) is 28.7 Å². The maximum atomic E-state index is 9.35. The number of rotatable bonds is 3. The molecular formula is C17H21N4O+. The lowest BCUT2D eigenvalue weighted by Crippen LogP contribution is -3.14. The molecule has 2 aromatic rings. The molecule has 0 aliphatic carbocycles. The summed E-state index contributed by atoms with van der Waals surface area (Å²) in [6, 6.07) is 10.2. The molecule has 0 saturated carbocycles. The van der Waals surface area contributed by atoms with Gasteiger partial charge in [0.25, 0.3) is 0 Å². The molecule has 0 unspecified atom stereocenters. The number of hydrogen-bond acceptors (Lipinski definition) is 4. The first kappa shape index (κ1) is 14.6. The predicted octanol–water partition coefficient (Wildman–Crippen LogP) is 1.25. The molecule has 5 heteroatoms. The van der Waals surface area contributed by atoms with E-state index in [1.54, 1.807) is 4.90 Å². The van der Waals surface area contributed by atoms with Gasteiger partial charge in [0.15, 0.2) is 0 Å². The summed E-state index contributed by atoms with van der Waals surface area (Å²) >= 11 is 0. The number of oxazole rings is 1. The molecule has 1 aromatic carbocycles. The number of benzene rings is 1. The average Bonchev–Trinajstić information content (AvgIpc) is 3.00. The fourth-order valence-electron chi connectivity index (χ4n) is 2.80. The van der Waals surface area contributed by atoms with Crippen molar-refractivity contribution in [2.75, 3.05) is 37.6 Å². The largest absolute Gasteiger partial charge is 0.419 e. The number of quaternary nitrogens is 1. The lowest BCUT2D eigenvalue weighted by Gasteiger charge is -2.31. The number of likely N-dealkylation sites (N-methyl/N-ethyl adjacent to an activating group) is 1. The molecule has 0 amide bonds. The van der Waals surface area contributed by atoms with Gasteiger partial charge in [0.1, 0.15) is 6.07 Å². The number of anilines is 1. The normalized spacial score (nSPS) is 15.8. The minimum absolute atomic E-state index is 0.385. The standard InChI is InChI=1S/C17H20N4O/c1-3-20-8-10-21(11-9-20)17-15(12-18)19-16(22-17)14-6-4-13(2)5-7-14/h4-7H,3,8-11H2,1-2H3/p+1. The Hall–Kier alpha value is -2.32. The van der Waals surface area contributed by atoms with Crippen molar-refractivity contribution < 1.29 is 9.32 Å². The molecule has 1 aliphatic heterocycles. The molecule has 114 valence electrons. The van der Waals surface area contributed by atoms with Crippen LogP contribution in [0.5, 0.6) is 0 Å². The molecule has 1 aromatic heterocycles. The van der Waals surface area contributed by atoms with Gasteiger partial charge in [-0.2, -0.15) is 10.2 Å². The molecule has 1 saturated heterocycles. The molecule has 3 rings (SSSR count). The van der Waals surface area contributed by atoms with Crippen molar-refractivity contribution in [1.82, 2.24) is 4.98 Å². The third kappa shape index (κ3) is 2.83. The van der Waals surface area contributed by atoms with E-state index in [2.05, 4.69) is 22.9 Å². The molecule has 5 nitrogen and oxygen atoms in total. The summed E-state index contributed by atoms with van der Waals surface area (Å²) in [7, 11) is 0. The molecule has 22 heavy (non-hydrogen) atoms. The number of nitriles is 1. The van der Waals surface area contributed by atoms with Crippen molar-refractivity contribution in [2.24, 2.45) is 0 Å². The van der Waals surface area contributed by atoms with E-state index >= 15 is 0 Å². The molecule has 1 fully saturated rings. The van der Waals surface area contributed by atoms with E-state index in [9.17, 15) is 5.26 Å². The van der Waals surface area contributed by atoms with E-state index in [1.807, 2.05) is 31.2 Å². The van der Waals surface area contributed by atoms with Gasteiger partial charge in [-0.05, 0) is 26.0 Å². The second kappa shape index (κ2) is 6.20. The van der Waals surface area contributed by atoms with Gasteiger partial charge in [-0.25, -0.2) is 0 Å². The Morgan fingerprint density at radius 2 is 1.95 bits per heavy atom. The van der Waals surface area contributed by atoms with Crippen LogP contribution >= 0.6 is 0 Å². The second-order valence-corrected chi connectivity index (χ2v) is 5.74. The number of aryl methyl sites for hydroxylation is 1. The Balaban J connectivity index is 1.86. The van der Waals surface area contributed by atoms with Gasteiger partial charge in [-0.15, -0.1) is 0 Å². The number of piperazine rings is 1. The first-order valence-electron chi connectivity index (χ1n) is 7.77. The molecular weight excluding hydrogens is 276 g/mol. The Bertz CT molecular complexity index is 676. The summed E-state index contributed by atoms with van der Waals surface area (Å²) < 4.78 is 5.92. The highest BCUT2D eigenvalue weighted by Gasteiger charge is 2.25. The van der Waals surface area contributed by atoms with E-state index in [1.165, 1.54) is 5.56 Å². The van der Waals surface area contributed by atoms with Crippen molar-refractivity contribution in [3.63, 3.8) is 0 Å². The minimum atomic E-state index is 0.385. The summed E-state index contributed by atoms with van der Waals surface area (Å²) in [5.74, 6) is 1.14. The summed E-state index contributed by atoms with van der Waals surface area (Å²) in [5, 5.41) is 9.35. The van der Waals surface area contributed by atoms with Gasteiger partial charge in [0.2, 0.25) is 17.5 Å². The Labute approximate surface area is 130 Å².